The van der Waals surface area contributed by atoms with Gasteiger partial charge in [0.25, 0.3) is 0 Å². The maximum Gasteiger partial charge on any atom is 0.0801 e. The minimum atomic E-state index is -0.246. The van der Waals surface area contributed by atoms with E-state index in [4.69, 9.17) is 4.74 Å². The summed E-state index contributed by atoms with van der Waals surface area (Å²) in [6, 6.07) is 0. The first-order valence-corrected chi connectivity index (χ1v) is 5.01. The first-order valence-electron chi connectivity index (χ1n) is 5.01. The normalized spacial score (nSPS) is 22.2. The fourth-order valence-electron chi connectivity index (χ4n) is 1.44. The van der Waals surface area contributed by atoms with Crippen LogP contribution in [0, 0.1) is 11.8 Å². The molecule has 1 aliphatic carbocycles. The third-order valence-electron chi connectivity index (χ3n) is 2.61. The van der Waals surface area contributed by atoms with Crippen molar-refractivity contribution in [3.8, 4) is 0 Å². The molecular formula is C10H20O2. The van der Waals surface area contributed by atoms with E-state index < -0.39 is 0 Å². The van der Waals surface area contributed by atoms with Crippen LogP contribution in [0.25, 0.3) is 0 Å². The quantitative estimate of drug-likeness (QED) is 0.619. The average Bonchev–Trinajstić information content (AvgIpc) is 2.86. The van der Waals surface area contributed by atoms with E-state index in [0.717, 1.165) is 18.9 Å². The lowest BCUT2D eigenvalue weighted by atomic mass is 10.0. The first kappa shape index (κ1) is 10.0. The summed E-state index contributed by atoms with van der Waals surface area (Å²) in [6.45, 7) is 5.49. The van der Waals surface area contributed by atoms with Crippen molar-refractivity contribution < 1.29 is 9.84 Å². The molecule has 0 radical (unpaired) electrons. The number of aliphatic hydroxyl groups is 1. The molecule has 2 nitrogen and oxygen atoms in total. The van der Waals surface area contributed by atoms with E-state index in [1.54, 1.807) is 0 Å². The smallest absolute Gasteiger partial charge is 0.0801 e. The molecule has 0 aromatic heterocycles. The van der Waals surface area contributed by atoms with E-state index in [9.17, 15) is 5.11 Å². The lowest BCUT2D eigenvalue weighted by molar-refractivity contribution is 0.00397. The van der Waals surface area contributed by atoms with Gasteiger partial charge >= 0.3 is 0 Å². The summed E-state index contributed by atoms with van der Waals surface area (Å²) in [6.07, 6.45) is 3.38. The Hall–Kier alpha value is -0.0800. The minimum Gasteiger partial charge on any atom is -0.390 e. The Labute approximate surface area is 74.9 Å². The van der Waals surface area contributed by atoms with Crippen LogP contribution in [0.4, 0.5) is 0 Å². The Bertz CT molecular complexity index is 121. The van der Waals surface area contributed by atoms with E-state index in [2.05, 4.69) is 13.8 Å². The maximum absolute atomic E-state index is 9.63. The lowest BCUT2D eigenvalue weighted by Gasteiger charge is -2.17. The zero-order valence-corrected chi connectivity index (χ0v) is 8.12. The average molecular weight is 172 g/mol. The van der Waals surface area contributed by atoms with Gasteiger partial charge in [0.05, 0.1) is 12.7 Å². The second kappa shape index (κ2) is 4.83. The van der Waals surface area contributed by atoms with Gasteiger partial charge in [-0.15, -0.1) is 0 Å². The van der Waals surface area contributed by atoms with Gasteiger partial charge in [-0.1, -0.05) is 13.8 Å². The number of rotatable bonds is 6. The summed E-state index contributed by atoms with van der Waals surface area (Å²) in [4.78, 5) is 0. The molecule has 0 aliphatic heterocycles. The van der Waals surface area contributed by atoms with Crippen molar-refractivity contribution >= 4 is 0 Å². The van der Waals surface area contributed by atoms with Crippen molar-refractivity contribution in [2.75, 3.05) is 13.2 Å². The molecule has 72 valence electrons. The number of hydrogen-bond donors (Lipinski definition) is 1. The van der Waals surface area contributed by atoms with E-state index >= 15 is 0 Å². The molecule has 2 heteroatoms. The molecule has 0 bridgehead atoms. The topological polar surface area (TPSA) is 29.5 Å². The predicted octanol–water partition coefficient (Wildman–Crippen LogP) is 1.82. The van der Waals surface area contributed by atoms with Gasteiger partial charge < -0.3 is 9.84 Å². The van der Waals surface area contributed by atoms with Gasteiger partial charge in [-0.25, -0.2) is 0 Å². The number of ether oxygens (including phenoxy) is 1. The van der Waals surface area contributed by atoms with E-state index in [-0.39, 0.29) is 6.10 Å². The fourth-order valence-corrected chi connectivity index (χ4v) is 1.44. The van der Waals surface area contributed by atoms with Gasteiger partial charge in [-0.2, -0.15) is 0 Å². The van der Waals surface area contributed by atoms with Crippen molar-refractivity contribution in [1.29, 1.82) is 0 Å². The Kier molecular flexibility index (Phi) is 4.02. The number of aliphatic hydroxyl groups excluding tert-OH is 1. The predicted molar refractivity (Wildman–Crippen MR) is 49.0 cm³/mol. The number of hydrogen-bond acceptors (Lipinski definition) is 2. The first-order chi connectivity index (χ1) is 5.75. The van der Waals surface area contributed by atoms with Gasteiger partial charge in [0.2, 0.25) is 0 Å². The van der Waals surface area contributed by atoms with Gasteiger partial charge in [0, 0.05) is 6.61 Å². The summed E-state index contributed by atoms with van der Waals surface area (Å²) < 4.78 is 5.29. The van der Waals surface area contributed by atoms with Crippen LogP contribution in [-0.4, -0.2) is 24.4 Å². The van der Waals surface area contributed by atoms with Gasteiger partial charge in [-0.3, -0.25) is 0 Å². The van der Waals surface area contributed by atoms with Crippen LogP contribution in [0.15, 0.2) is 0 Å². The molecule has 0 saturated heterocycles. The second-order valence-electron chi connectivity index (χ2n) is 3.84. The molecule has 1 fully saturated rings. The van der Waals surface area contributed by atoms with Crippen LogP contribution < -0.4 is 0 Å². The fraction of sp³-hybridized carbons (Fsp3) is 1.00. The molecule has 1 saturated carbocycles. The zero-order chi connectivity index (χ0) is 8.97. The molecule has 1 N–H and O–H groups in total. The lowest BCUT2D eigenvalue weighted by Crippen LogP contribution is -2.25. The van der Waals surface area contributed by atoms with Crippen LogP contribution >= 0.6 is 0 Å². The Morgan fingerprint density at radius 1 is 1.50 bits per heavy atom. The molecule has 0 aromatic rings. The molecule has 1 rings (SSSR count). The molecular weight excluding hydrogens is 152 g/mol. The molecule has 12 heavy (non-hydrogen) atoms. The van der Waals surface area contributed by atoms with Crippen molar-refractivity contribution in [2.24, 2.45) is 11.8 Å². The third kappa shape index (κ3) is 3.11. The van der Waals surface area contributed by atoms with Gasteiger partial charge in [-0.05, 0) is 31.1 Å². The molecule has 0 heterocycles. The molecule has 0 spiro atoms. The summed E-state index contributed by atoms with van der Waals surface area (Å²) in [5.41, 5.74) is 0. The molecule has 2 unspecified atom stereocenters. The monoisotopic (exact) mass is 172 g/mol. The second-order valence-corrected chi connectivity index (χ2v) is 3.84. The largest absolute Gasteiger partial charge is 0.390 e. The van der Waals surface area contributed by atoms with Crippen molar-refractivity contribution in [3.05, 3.63) is 0 Å². The standard InChI is InChI=1S/C10H20O2/c1-3-6-12-7-10(11)8(2)9-4-5-9/h8-11H,3-7H2,1-2H3. The molecule has 0 amide bonds. The highest BCUT2D eigenvalue weighted by Gasteiger charge is 2.32. The Morgan fingerprint density at radius 3 is 2.67 bits per heavy atom. The minimum absolute atomic E-state index is 0.246. The summed E-state index contributed by atoms with van der Waals surface area (Å²) >= 11 is 0. The molecule has 0 aromatic carbocycles. The van der Waals surface area contributed by atoms with Crippen molar-refractivity contribution in [2.45, 2.75) is 39.2 Å². The summed E-state index contributed by atoms with van der Waals surface area (Å²) in [5, 5.41) is 9.63. The highest BCUT2D eigenvalue weighted by Crippen LogP contribution is 2.38. The van der Waals surface area contributed by atoms with Gasteiger partial charge in [0.15, 0.2) is 0 Å². The van der Waals surface area contributed by atoms with Crippen LogP contribution in [0.3, 0.4) is 0 Å². The van der Waals surface area contributed by atoms with Crippen LogP contribution in [0.1, 0.15) is 33.1 Å². The summed E-state index contributed by atoms with van der Waals surface area (Å²) in [5.74, 6) is 1.20. The highest BCUT2D eigenvalue weighted by molar-refractivity contribution is 4.82. The van der Waals surface area contributed by atoms with Crippen LogP contribution in [0.5, 0.6) is 0 Å². The van der Waals surface area contributed by atoms with Crippen LogP contribution in [0.2, 0.25) is 0 Å². The van der Waals surface area contributed by atoms with Crippen LogP contribution in [-0.2, 0) is 4.74 Å². The molecule has 2 atom stereocenters. The van der Waals surface area contributed by atoms with E-state index in [1.165, 1.54) is 12.8 Å². The maximum atomic E-state index is 9.63. The Morgan fingerprint density at radius 2 is 2.17 bits per heavy atom. The van der Waals surface area contributed by atoms with E-state index in [1.807, 2.05) is 0 Å². The SMILES string of the molecule is CCCOCC(O)C(C)C1CC1. The highest BCUT2D eigenvalue weighted by atomic mass is 16.5. The van der Waals surface area contributed by atoms with Crippen molar-refractivity contribution in [3.63, 3.8) is 0 Å². The summed E-state index contributed by atoms with van der Waals surface area (Å²) in [7, 11) is 0. The zero-order valence-electron chi connectivity index (χ0n) is 8.12. The van der Waals surface area contributed by atoms with Crippen molar-refractivity contribution in [1.82, 2.24) is 0 Å². The Balaban J connectivity index is 2.04. The third-order valence-corrected chi connectivity index (χ3v) is 2.61. The van der Waals surface area contributed by atoms with E-state index in [0.29, 0.717) is 12.5 Å². The molecule has 1 aliphatic rings. The van der Waals surface area contributed by atoms with Gasteiger partial charge in [0.1, 0.15) is 0 Å².